The van der Waals surface area contributed by atoms with E-state index in [2.05, 4.69) is 27.2 Å². The number of rotatable bonds is 9. The largest absolute Gasteiger partial charge is 0.413 e. The summed E-state index contributed by atoms with van der Waals surface area (Å²) in [5, 5.41) is 11.2. The van der Waals surface area contributed by atoms with E-state index in [1.165, 1.54) is 36.4 Å². The Morgan fingerprint density at radius 1 is 1.05 bits per heavy atom. The number of aromatic nitrogens is 1. The van der Waals surface area contributed by atoms with Crippen LogP contribution in [0.25, 0.3) is 11.3 Å². The summed E-state index contributed by atoms with van der Waals surface area (Å²) < 4.78 is 79.5. The number of aliphatic imine (C=N–C) groups is 1. The molecule has 1 heterocycles. The molecule has 0 unspecified atom stereocenters. The molecule has 0 atom stereocenters. The number of halogens is 4. The SMILES string of the molecule is C=C(NCc1cccc(S(N)(=O)=O)c1)Nc1ccc(-c2ccc(F)cc2)nc1C(N)=NC1(C(F)(F)F)CCCCC1. The molecule has 218 valence electrons. The van der Waals surface area contributed by atoms with Crippen molar-refractivity contribution in [2.75, 3.05) is 5.32 Å². The molecule has 1 aliphatic carbocycles. The van der Waals surface area contributed by atoms with Crippen molar-refractivity contribution in [1.82, 2.24) is 10.3 Å². The summed E-state index contributed by atoms with van der Waals surface area (Å²) in [6.07, 6.45) is -3.52. The zero-order valence-corrected chi connectivity index (χ0v) is 22.8. The molecule has 0 aliphatic heterocycles. The number of pyridine rings is 1. The van der Waals surface area contributed by atoms with Crippen molar-refractivity contribution in [3.8, 4) is 11.3 Å². The van der Waals surface area contributed by atoms with Crippen molar-refractivity contribution in [2.45, 2.75) is 55.3 Å². The molecule has 0 saturated heterocycles. The van der Waals surface area contributed by atoms with E-state index in [9.17, 15) is 26.0 Å². The first-order chi connectivity index (χ1) is 19.3. The van der Waals surface area contributed by atoms with Crippen LogP contribution in [-0.4, -0.2) is 31.0 Å². The quantitative estimate of drug-likeness (QED) is 0.154. The monoisotopic (exact) mass is 590 g/mol. The first-order valence-corrected chi connectivity index (χ1v) is 14.3. The van der Waals surface area contributed by atoms with Crippen molar-refractivity contribution in [1.29, 1.82) is 0 Å². The summed E-state index contributed by atoms with van der Waals surface area (Å²) in [6.45, 7) is 4.06. The van der Waals surface area contributed by atoms with Crippen LogP contribution < -0.4 is 21.5 Å². The van der Waals surface area contributed by atoms with Gasteiger partial charge in [-0.25, -0.2) is 22.9 Å². The third-order valence-electron chi connectivity index (χ3n) is 6.84. The molecule has 1 aromatic heterocycles. The Kier molecular flexibility index (Phi) is 8.69. The van der Waals surface area contributed by atoms with E-state index in [0.717, 1.165) is 0 Å². The molecule has 3 aromatic rings. The Morgan fingerprint density at radius 3 is 2.37 bits per heavy atom. The molecular weight excluding hydrogens is 560 g/mol. The first-order valence-electron chi connectivity index (χ1n) is 12.8. The lowest BCUT2D eigenvalue weighted by Crippen LogP contribution is -2.46. The fraction of sp³-hybridized carbons (Fsp3) is 0.286. The molecule has 0 radical (unpaired) electrons. The van der Waals surface area contributed by atoms with Gasteiger partial charge in [0, 0.05) is 12.1 Å². The third kappa shape index (κ3) is 7.22. The van der Waals surface area contributed by atoms with Crippen molar-refractivity contribution >= 4 is 21.5 Å². The summed E-state index contributed by atoms with van der Waals surface area (Å²) in [7, 11) is -3.89. The van der Waals surface area contributed by atoms with E-state index in [1.807, 2.05) is 0 Å². The van der Waals surface area contributed by atoms with E-state index < -0.39 is 33.4 Å². The van der Waals surface area contributed by atoms with Crippen LogP contribution in [0.3, 0.4) is 0 Å². The topological polar surface area (TPSA) is 135 Å². The lowest BCUT2D eigenvalue weighted by atomic mass is 9.81. The van der Waals surface area contributed by atoms with Gasteiger partial charge in [-0.05, 0) is 66.9 Å². The Hall–Kier alpha value is -3.97. The third-order valence-corrected chi connectivity index (χ3v) is 7.75. The van der Waals surface area contributed by atoms with E-state index in [4.69, 9.17) is 10.9 Å². The Balaban J connectivity index is 1.65. The molecule has 8 nitrogen and oxygen atoms in total. The highest BCUT2D eigenvalue weighted by molar-refractivity contribution is 7.89. The molecule has 1 aliphatic rings. The highest BCUT2D eigenvalue weighted by atomic mass is 32.2. The van der Waals surface area contributed by atoms with E-state index in [-0.39, 0.29) is 41.5 Å². The second-order valence-corrected chi connectivity index (χ2v) is 11.4. The average Bonchev–Trinajstić information content (AvgIpc) is 2.92. The number of alkyl halides is 3. The number of nitrogens with two attached hydrogens (primary N) is 2. The number of sulfonamides is 1. The fourth-order valence-corrected chi connectivity index (χ4v) is 5.25. The maximum Gasteiger partial charge on any atom is 0.413 e. The number of hydrogen-bond donors (Lipinski definition) is 4. The van der Waals surface area contributed by atoms with E-state index >= 15 is 0 Å². The summed E-state index contributed by atoms with van der Waals surface area (Å²) in [6, 6.07) is 14.7. The van der Waals surface area contributed by atoms with Gasteiger partial charge in [0.2, 0.25) is 10.0 Å². The van der Waals surface area contributed by atoms with Crippen LogP contribution in [0.5, 0.6) is 0 Å². The first kappa shape index (κ1) is 30.0. The molecule has 1 fully saturated rings. The van der Waals surface area contributed by atoms with Gasteiger partial charge in [0.1, 0.15) is 17.3 Å². The van der Waals surface area contributed by atoms with Gasteiger partial charge in [0.15, 0.2) is 5.54 Å². The van der Waals surface area contributed by atoms with Crippen LogP contribution in [-0.2, 0) is 16.6 Å². The number of primary sulfonamides is 1. The molecule has 0 bridgehead atoms. The van der Waals surface area contributed by atoms with Crippen molar-refractivity contribution in [3.63, 3.8) is 0 Å². The number of benzene rings is 2. The van der Waals surface area contributed by atoms with Gasteiger partial charge >= 0.3 is 6.18 Å². The lowest BCUT2D eigenvalue weighted by molar-refractivity contribution is -0.192. The molecule has 41 heavy (non-hydrogen) atoms. The van der Waals surface area contributed by atoms with Crippen molar-refractivity contribution in [3.05, 3.63) is 90.1 Å². The highest BCUT2D eigenvalue weighted by Crippen LogP contribution is 2.45. The number of amidine groups is 1. The number of nitrogens with zero attached hydrogens (tertiary/aromatic N) is 2. The van der Waals surface area contributed by atoms with Crippen LogP contribution in [0.1, 0.15) is 43.4 Å². The predicted molar refractivity (Wildman–Crippen MR) is 150 cm³/mol. The number of nitrogens with one attached hydrogen (secondary N) is 2. The molecule has 13 heteroatoms. The second kappa shape index (κ2) is 11.9. The Bertz CT molecular complexity index is 1550. The summed E-state index contributed by atoms with van der Waals surface area (Å²) in [5.74, 6) is -0.612. The van der Waals surface area contributed by atoms with Crippen LogP contribution >= 0.6 is 0 Å². The smallest absolute Gasteiger partial charge is 0.382 e. The lowest BCUT2D eigenvalue weighted by Gasteiger charge is -2.35. The van der Waals surface area contributed by atoms with E-state index in [0.29, 0.717) is 36.1 Å². The van der Waals surface area contributed by atoms with Gasteiger partial charge in [-0.1, -0.05) is 38.0 Å². The normalized spacial score (nSPS) is 15.8. The van der Waals surface area contributed by atoms with Gasteiger partial charge in [-0.15, -0.1) is 0 Å². The maximum absolute atomic E-state index is 14.2. The predicted octanol–water partition coefficient (Wildman–Crippen LogP) is 5.18. The van der Waals surface area contributed by atoms with Crippen LogP contribution in [0.2, 0.25) is 0 Å². The molecule has 4 rings (SSSR count). The van der Waals surface area contributed by atoms with Gasteiger partial charge in [0.25, 0.3) is 0 Å². The number of anilines is 1. The summed E-state index contributed by atoms with van der Waals surface area (Å²) >= 11 is 0. The molecule has 6 N–H and O–H groups in total. The minimum Gasteiger partial charge on any atom is -0.382 e. The number of hydrogen-bond acceptors (Lipinski definition) is 6. The fourth-order valence-electron chi connectivity index (χ4n) is 4.66. The van der Waals surface area contributed by atoms with Crippen molar-refractivity contribution in [2.24, 2.45) is 15.9 Å². The van der Waals surface area contributed by atoms with Crippen LogP contribution in [0, 0.1) is 5.82 Å². The Morgan fingerprint density at radius 2 is 1.73 bits per heavy atom. The maximum atomic E-state index is 14.2. The molecule has 0 spiro atoms. The van der Waals surface area contributed by atoms with Gasteiger partial charge in [0.05, 0.1) is 22.1 Å². The summed E-state index contributed by atoms with van der Waals surface area (Å²) in [4.78, 5) is 8.49. The zero-order valence-electron chi connectivity index (χ0n) is 22.0. The van der Waals surface area contributed by atoms with Crippen molar-refractivity contribution < 1.29 is 26.0 Å². The van der Waals surface area contributed by atoms with Crippen LogP contribution in [0.15, 0.2) is 83.0 Å². The Labute approximate surface area is 235 Å². The van der Waals surface area contributed by atoms with Crippen LogP contribution in [0.4, 0.5) is 23.2 Å². The molecule has 1 saturated carbocycles. The van der Waals surface area contributed by atoms with Gasteiger partial charge < -0.3 is 16.4 Å². The second-order valence-electron chi connectivity index (χ2n) is 9.84. The zero-order chi connectivity index (χ0) is 29.8. The van der Waals surface area contributed by atoms with E-state index in [1.54, 1.807) is 24.3 Å². The van der Waals surface area contributed by atoms with Gasteiger partial charge in [-0.2, -0.15) is 13.2 Å². The molecular formula is C28H30F4N6O2S. The standard InChI is InChI=1S/C28H30F4N6O2S/c1-18(35-17-19-6-5-7-22(16-19)41(34,39)40)36-24-13-12-23(20-8-10-21(29)11-9-20)37-25(24)26(33)38-27(28(30,31)32)14-3-2-4-15-27/h5-13,16,35-36H,1-4,14-15,17H2,(H2,33,38)(H2,34,39,40). The minimum absolute atomic E-state index is 0.0276. The minimum atomic E-state index is -4.60. The van der Waals surface area contributed by atoms with Gasteiger partial charge in [-0.3, -0.25) is 4.99 Å². The summed E-state index contributed by atoms with van der Waals surface area (Å²) in [5.41, 5.74) is 5.62. The molecule has 2 aromatic carbocycles. The molecule has 0 amide bonds. The highest BCUT2D eigenvalue weighted by Gasteiger charge is 2.55. The average molecular weight is 591 g/mol.